The third-order valence-corrected chi connectivity index (χ3v) is 1.90. The Morgan fingerprint density at radius 1 is 1.54 bits per heavy atom. The van der Waals surface area contributed by atoms with E-state index in [4.69, 9.17) is 4.74 Å². The summed E-state index contributed by atoms with van der Waals surface area (Å²) in [4.78, 5) is 19.0. The number of esters is 1. The van der Waals surface area contributed by atoms with Crippen LogP contribution in [0, 0.1) is 0 Å². The molecule has 1 heterocycles. The maximum atomic E-state index is 11.1. The minimum atomic E-state index is -0.379. The van der Waals surface area contributed by atoms with Crippen molar-refractivity contribution < 1.29 is 9.53 Å². The molecule has 0 bridgehead atoms. The highest BCUT2D eigenvalue weighted by molar-refractivity contribution is 7.98. The first-order valence-electron chi connectivity index (χ1n) is 3.81. The zero-order valence-electron chi connectivity index (χ0n) is 7.48. The van der Waals surface area contributed by atoms with Gasteiger partial charge in [-0.25, -0.2) is 14.8 Å². The quantitative estimate of drug-likeness (QED) is 0.417. The number of carbonyl (C=O) groups is 1. The van der Waals surface area contributed by atoms with Gasteiger partial charge in [-0.2, -0.15) is 0 Å². The molecule has 0 amide bonds. The molecule has 1 aromatic rings. The van der Waals surface area contributed by atoms with Crippen molar-refractivity contribution in [2.24, 2.45) is 0 Å². The van der Waals surface area contributed by atoms with Gasteiger partial charge in [0.1, 0.15) is 0 Å². The molecule has 0 aliphatic heterocycles. The monoisotopic (exact) mass is 198 g/mol. The lowest BCUT2D eigenvalue weighted by atomic mass is 10.3. The van der Waals surface area contributed by atoms with E-state index in [0.29, 0.717) is 17.3 Å². The Morgan fingerprint density at radius 2 is 2.15 bits per heavy atom. The number of hydrogen-bond acceptors (Lipinski definition) is 5. The lowest BCUT2D eigenvalue weighted by Gasteiger charge is -2.00. The topological polar surface area (TPSA) is 52.1 Å². The normalized spacial score (nSPS) is 9.69. The zero-order chi connectivity index (χ0) is 9.68. The first-order valence-corrected chi connectivity index (χ1v) is 5.03. The first kappa shape index (κ1) is 9.98. The van der Waals surface area contributed by atoms with Crippen molar-refractivity contribution in [3.63, 3.8) is 0 Å². The predicted molar refractivity (Wildman–Crippen MR) is 49.8 cm³/mol. The van der Waals surface area contributed by atoms with Crippen LogP contribution in [0.15, 0.2) is 17.6 Å². The van der Waals surface area contributed by atoms with Crippen LogP contribution in [0.3, 0.4) is 0 Å². The van der Waals surface area contributed by atoms with E-state index in [-0.39, 0.29) is 5.97 Å². The third kappa shape index (κ3) is 2.69. The number of hydrogen-bond donors (Lipinski definition) is 0. The Bertz CT molecular complexity index is 287. The average molecular weight is 198 g/mol. The molecule has 4 nitrogen and oxygen atoms in total. The molecule has 0 atom stereocenters. The smallest absolute Gasteiger partial charge is 0.341 e. The molecule has 0 spiro atoms. The van der Waals surface area contributed by atoms with Gasteiger partial charge >= 0.3 is 5.97 Å². The van der Waals surface area contributed by atoms with E-state index in [1.807, 2.05) is 6.26 Å². The lowest BCUT2D eigenvalue weighted by Crippen LogP contribution is -2.05. The molecule has 0 aromatic carbocycles. The van der Waals surface area contributed by atoms with Crippen LogP contribution >= 0.6 is 11.8 Å². The molecule has 0 aliphatic rings. The van der Waals surface area contributed by atoms with Gasteiger partial charge in [-0.1, -0.05) is 11.8 Å². The standard InChI is InChI=1S/C8H10N2O2S/c1-3-12-7(11)6-4-9-8(13-2)10-5-6/h4-5H,3H2,1-2H3. The Kier molecular flexibility index (Phi) is 3.70. The predicted octanol–water partition coefficient (Wildman–Crippen LogP) is 1.38. The fourth-order valence-corrected chi connectivity index (χ4v) is 1.06. The summed E-state index contributed by atoms with van der Waals surface area (Å²) in [6.45, 7) is 2.12. The molecular formula is C8H10N2O2S. The molecular weight excluding hydrogens is 188 g/mol. The lowest BCUT2D eigenvalue weighted by molar-refractivity contribution is 0.0525. The summed E-state index contributed by atoms with van der Waals surface area (Å²) >= 11 is 1.43. The van der Waals surface area contributed by atoms with Crippen LogP contribution in [-0.4, -0.2) is 28.8 Å². The molecule has 0 N–H and O–H groups in total. The number of aromatic nitrogens is 2. The fraction of sp³-hybridized carbons (Fsp3) is 0.375. The van der Waals surface area contributed by atoms with Crippen LogP contribution in [-0.2, 0) is 4.74 Å². The number of carbonyl (C=O) groups excluding carboxylic acids is 1. The van der Waals surface area contributed by atoms with E-state index in [0.717, 1.165) is 0 Å². The number of ether oxygens (including phenoxy) is 1. The van der Waals surface area contributed by atoms with Gasteiger partial charge in [-0.05, 0) is 13.2 Å². The Labute approximate surface area is 80.7 Å². The molecule has 70 valence electrons. The fourth-order valence-electron chi connectivity index (χ4n) is 0.741. The van der Waals surface area contributed by atoms with Crippen molar-refractivity contribution in [1.29, 1.82) is 0 Å². The van der Waals surface area contributed by atoms with Crippen LogP contribution < -0.4 is 0 Å². The highest BCUT2D eigenvalue weighted by Crippen LogP contribution is 2.07. The first-order chi connectivity index (χ1) is 6.27. The van der Waals surface area contributed by atoms with Crippen molar-refractivity contribution in [2.45, 2.75) is 12.1 Å². The van der Waals surface area contributed by atoms with E-state index in [1.54, 1.807) is 6.92 Å². The van der Waals surface area contributed by atoms with Gasteiger partial charge in [0, 0.05) is 12.4 Å². The summed E-state index contributed by atoms with van der Waals surface area (Å²) in [7, 11) is 0. The van der Waals surface area contributed by atoms with Crippen molar-refractivity contribution in [3.8, 4) is 0 Å². The van der Waals surface area contributed by atoms with Crippen LogP contribution in [0.2, 0.25) is 0 Å². The molecule has 0 saturated carbocycles. The van der Waals surface area contributed by atoms with Crippen LogP contribution in [0.5, 0.6) is 0 Å². The molecule has 0 saturated heterocycles. The second-order valence-electron chi connectivity index (χ2n) is 2.18. The Morgan fingerprint density at radius 3 is 2.62 bits per heavy atom. The number of nitrogens with zero attached hydrogens (tertiary/aromatic N) is 2. The SMILES string of the molecule is CCOC(=O)c1cnc(SC)nc1. The maximum absolute atomic E-state index is 11.1. The van der Waals surface area contributed by atoms with Crippen molar-refractivity contribution in [1.82, 2.24) is 9.97 Å². The van der Waals surface area contributed by atoms with E-state index >= 15 is 0 Å². The summed E-state index contributed by atoms with van der Waals surface area (Å²) in [5.41, 5.74) is 0.389. The largest absolute Gasteiger partial charge is 0.462 e. The summed E-state index contributed by atoms with van der Waals surface area (Å²) in [5, 5.41) is 0.646. The van der Waals surface area contributed by atoms with Gasteiger partial charge in [-0.3, -0.25) is 0 Å². The minimum Gasteiger partial charge on any atom is -0.462 e. The molecule has 1 aromatic heterocycles. The number of rotatable bonds is 3. The highest BCUT2D eigenvalue weighted by Gasteiger charge is 2.06. The zero-order valence-corrected chi connectivity index (χ0v) is 8.30. The van der Waals surface area contributed by atoms with Gasteiger partial charge in [-0.15, -0.1) is 0 Å². The third-order valence-electron chi connectivity index (χ3n) is 1.32. The van der Waals surface area contributed by atoms with E-state index in [2.05, 4.69) is 9.97 Å². The molecule has 1 rings (SSSR count). The Hall–Kier alpha value is -1.10. The molecule has 0 aliphatic carbocycles. The molecule has 5 heteroatoms. The van der Waals surface area contributed by atoms with Gasteiger partial charge in [0.05, 0.1) is 12.2 Å². The van der Waals surface area contributed by atoms with Crippen molar-refractivity contribution >= 4 is 17.7 Å². The average Bonchev–Trinajstić information content (AvgIpc) is 2.18. The van der Waals surface area contributed by atoms with Crippen LogP contribution in [0.1, 0.15) is 17.3 Å². The number of thioether (sulfide) groups is 1. The molecule has 0 radical (unpaired) electrons. The second kappa shape index (κ2) is 4.81. The van der Waals surface area contributed by atoms with Crippen LogP contribution in [0.4, 0.5) is 0 Å². The maximum Gasteiger partial charge on any atom is 0.341 e. The van der Waals surface area contributed by atoms with Gasteiger partial charge in [0.15, 0.2) is 5.16 Å². The second-order valence-corrected chi connectivity index (χ2v) is 2.95. The Balaban J connectivity index is 2.74. The summed E-state index contributed by atoms with van der Waals surface area (Å²) in [6, 6.07) is 0. The van der Waals surface area contributed by atoms with Gasteiger partial charge < -0.3 is 4.74 Å². The summed E-state index contributed by atoms with van der Waals surface area (Å²) in [6.07, 6.45) is 4.81. The summed E-state index contributed by atoms with van der Waals surface area (Å²) in [5.74, 6) is -0.379. The van der Waals surface area contributed by atoms with E-state index in [9.17, 15) is 4.79 Å². The van der Waals surface area contributed by atoms with Gasteiger partial charge in [0.2, 0.25) is 0 Å². The molecule has 0 unspecified atom stereocenters. The minimum absolute atomic E-state index is 0.364. The molecule has 13 heavy (non-hydrogen) atoms. The van der Waals surface area contributed by atoms with Gasteiger partial charge in [0.25, 0.3) is 0 Å². The summed E-state index contributed by atoms with van der Waals surface area (Å²) < 4.78 is 4.78. The van der Waals surface area contributed by atoms with Crippen molar-refractivity contribution in [2.75, 3.05) is 12.9 Å². The van der Waals surface area contributed by atoms with Crippen LogP contribution in [0.25, 0.3) is 0 Å². The van der Waals surface area contributed by atoms with E-state index in [1.165, 1.54) is 24.2 Å². The van der Waals surface area contributed by atoms with Crippen molar-refractivity contribution in [3.05, 3.63) is 18.0 Å². The van der Waals surface area contributed by atoms with E-state index < -0.39 is 0 Å². The molecule has 0 fully saturated rings. The highest BCUT2D eigenvalue weighted by atomic mass is 32.2.